The SMILES string of the molecule is Cn1nc2c(=O)n(CC3(O)CCN(Cc4ccc(-c5cncs5)cc4F)CC3)cnc2c1-c1ccc(CN)cc1. The van der Waals surface area contributed by atoms with E-state index in [4.69, 9.17) is 5.73 Å². The van der Waals surface area contributed by atoms with Crippen molar-refractivity contribution in [2.45, 2.75) is 38.1 Å². The third kappa shape index (κ3) is 5.08. The molecule has 3 N–H and O–H groups in total. The van der Waals surface area contributed by atoms with Crippen molar-refractivity contribution in [3.63, 3.8) is 0 Å². The molecule has 3 aromatic heterocycles. The fourth-order valence-corrected chi connectivity index (χ4v) is 5.98. The maximum atomic E-state index is 14.8. The summed E-state index contributed by atoms with van der Waals surface area (Å²) in [5.74, 6) is -0.247. The molecule has 4 heterocycles. The molecule has 11 heteroatoms. The summed E-state index contributed by atoms with van der Waals surface area (Å²) in [6.45, 7) is 2.21. The van der Waals surface area contributed by atoms with Gasteiger partial charge in [0.15, 0.2) is 5.52 Å². The van der Waals surface area contributed by atoms with Crippen molar-refractivity contribution in [2.75, 3.05) is 13.1 Å². The zero-order valence-corrected chi connectivity index (χ0v) is 22.9. The van der Waals surface area contributed by atoms with Crippen LogP contribution >= 0.6 is 11.3 Å². The largest absolute Gasteiger partial charge is 0.388 e. The second-order valence-corrected chi connectivity index (χ2v) is 11.3. The van der Waals surface area contributed by atoms with E-state index in [1.165, 1.54) is 22.2 Å². The Morgan fingerprint density at radius 2 is 1.85 bits per heavy atom. The number of fused-ring (bicyclic) bond motifs is 1. The number of aromatic nitrogens is 5. The summed E-state index contributed by atoms with van der Waals surface area (Å²) in [5, 5.41) is 15.8. The predicted molar refractivity (Wildman–Crippen MR) is 153 cm³/mol. The summed E-state index contributed by atoms with van der Waals surface area (Å²) in [6.07, 6.45) is 4.14. The van der Waals surface area contributed by atoms with Gasteiger partial charge in [0.1, 0.15) is 11.3 Å². The molecule has 0 saturated carbocycles. The van der Waals surface area contributed by atoms with E-state index in [1.54, 1.807) is 29.5 Å². The van der Waals surface area contributed by atoms with E-state index < -0.39 is 5.60 Å². The van der Waals surface area contributed by atoms with Crippen molar-refractivity contribution in [3.8, 4) is 21.7 Å². The van der Waals surface area contributed by atoms with Crippen LogP contribution in [0.1, 0.15) is 24.0 Å². The minimum atomic E-state index is -1.07. The van der Waals surface area contributed by atoms with Crippen LogP contribution in [0, 0.1) is 5.82 Å². The second-order valence-electron chi connectivity index (χ2n) is 10.4. The third-order valence-corrected chi connectivity index (χ3v) is 8.51. The van der Waals surface area contributed by atoms with Crippen LogP contribution in [-0.2, 0) is 26.7 Å². The zero-order valence-electron chi connectivity index (χ0n) is 22.1. The first kappa shape index (κ1) is 26.5. The Kier molecular flexibility index (Phi) is 7.05. The van der Waals surface area contributed by atoms with Gasteiger partial charge in [-0.3, -0.25) is 23.9 Å². The summed E-state index contributed by atoms with van der Waals surface area (Å²) >= 11 is 1.48. The Labute approximate surface area is 234 Å². The predicted octanol–water partition coefficient (Wildman–Crippen LogP) is 3.55. The van der Waals surface area contributed by atoms with Gasteiger partial charge in [0.05, 0.1) is 34.6 Å². The smallest absolute Gasteiger partial charge is 0.281 e. The average Bonchev–Trinajstić information content (AvgIpc) is 3.61. The lowest BCUT2D eigenvalue weighted by atomic mass is 9.91. The van der Waals surface area contributed by atoms with E-state index in [2.05, 4.69) is 20.0 Å². The molecule has 206 valence electrons. The molecule has 9 nitrogen and oxygen atoms in total. The number of thiazole rings is 1. The molecule has 1 fully saturated rings. The number of likely N-dealkylation sites (tertiary alicyclic amines) is 1. The molecule has 0 amide bonds. The molecule has 6 rings (SSSR count). The first-order valence-electron chi connectivity index (χ1n) is 13.2. The lowest BCUT2D eigenvalue weighted by Crippen LogP contribution is -2.47. The molecule has 0 spiro atoms. The normalized spacial score (nSPS) is 15.6. The first-order valence-corrected chi connectivity index (χ1v) is 14.0. The Bertz CT molecular complexity index is 1710. The number of nitrogens with zero attached hydrogens (tertiary/aromatic N) is 6. The molecule has 0 aliphatic carbocycles. The molecule has 1 aliphatic rings. The van der Waals surface area contributed by atoms with E-state index in [0.717, 1.165) is 27.3 Å². The number of aliphatic hydroxyl groups is 1. The molecular weight excluding hydrogens is 529 g/mol. The fourth-order valence-electron chi connectivity index (χ4n) is 5.36. The number of benzene rings is 2. The van der Waals surface area contributed by atoms with Gasteiger partial charge in [-0.2, -0.15) is 5.10 Å². The molecule has 1 aliphatic heterocycles. The maximum absolute atomic E-state index is 14.8. The molecule has 0 unspecified atom stereocenters. The molecule has 40 heavy (non-hydrogen) atoms. The Morgan fingerprint density at radius 3 is 2.52 bits per heavy atom. The van der Waals surface area contributed by atoms with Crippen LogP contribution in [0.5, 0.6) is 0 Å². The summed E-state index contributed by atoms with van der Waals surface area (Å²) in [6, 6.07) is 13.1. The summed E-state index contributed by atoms with van der Waals surface area (Å²) in [5.41, 5.74) is 11.0. The summed E-state index contributed by atoms with van der Waals surface area (Å²) in [4.78, 5) is 25.1. The minimum absolute atomic E-state index is 0.123. The van der Waals surface area contributed by atoms with Crippen molar-refractivity contribution in [1.29, 1.82) is 0 Å². The topological polar surface area (TPSA) is 115 Å². The lowest BCUT2D eigenvalue weighted by Gasteiger charge is -2.38. The molecular formula is C29H30FN7O2S. The van der Waals surface area contributed by atoms with Crippen LogP contribution in [0.3, 0.4) is 0 Å². The van der Waals surface area contributed by atoms with Gasteiger partial charge in [-0.05, 0) is 30.0 Å². The highest BCUT2D eigenvalue weighted by Crippen LogP contribution is 2.29. The van der Waals surface area contributed by atoms with Gasteiger partial charge in [-0.15, -0.1) is 11.3 Å². The Hall–Kier alpha value is -3.77. The van der Waals surface area contributed by atoms with E-state index in [-0.39, 0.29) is 23.4 Å². The standard InChI is InChI=1S/C29H30FN7O2S/c1-35-27(20-4-2-19(13-31)3-5-20)25-26(34-35)28(38)37(17-33-25)16-29(39)8-10-36(11-9-29)15-22-7-6-21(12-23(22)30)24-14-32-18-40-24/h2-7,12,14,17-18,39H,8-11,13,15-16,31H2,1H3. The number of piperidine rings is 1. The van der Waals surface area contributed by atoms with Crippen molar-refractivity contribution >= 4 is 22.4 Å². The van der Waals surface area contributed by atoms with Gasteiger partial charge in [0.25, 0.3) is 5.56 Å². The van der Waals surface area contributed by atoms with Crippen molar-refractivity contribution in [3.05, 3.63) is 87.8 Å². The molecule has 1 saturated heterocycles. The number of hydrogen-bond donors (Lipinski definition) is 2. The molecule has 5 aromatic rings. The second kappa shape index (κ2) is 10.7. The number of rotatable bonds is 7. The quantitative estimate of drug-likeness (QED) is 0.313. The highest BCUT2D eigenvalue weighted by atomic mass is 32.1. The highest BCUT2D eigenvalue weighted by Gasteiger charge is 2.33. The van der Waals surface area contributed by atoms with Gasteiger partial charge in [-0.1, -0.05) is 36.4 Å². The molecule has 0 radical (unpaired) electrons. The van der Waals surface area contributed by atoms with Crippen molar-refractivity contribution in [2.24, 2.45) is 12.8 Å². The number of aryl methyl sites for hydroxylation is 1. The van der Waals surface area contributed by atoms with Gasteiger partial charge in [-0.25, -0.2) is 9.37 Å². The van der Waals surface area contributed by atoms with Crippen LogP contribution in [0.25, 0.3) is 32.7 Å². The van der Waals surface area contributed by atoms with Crippen LogP contribution in [0.4, 0.5) is 4.39 Å². The first-order chi connectivity index (χ1) is 19.3. The fraction of sp³-hybridized carbons (Fsp3) is 0.310. The van der Waals surface area contributed by atoms with Crippen molar-refractivity contribution < 1.29 is 9.50 Å². The lowest BCUT2D eigenvalue weighted by molar-refractivity contribution is -0.0366. The average molecular weight is 560 g/mol. The van der Waals surface area contributed by atoms with Crippen LogP contribution in [0.15, 0.2) is 65.3 Å². The third-order valence-electron chi connectivity index (χ3n) is 7.69. The number of nitrogens with two attached hydrogens (primary N) is 1. The van der Waals surface area contributed by atoms with E-state index >= 15 is 0 Å². The molecule has 0 atom stereocenters. The van der Waals surface area contributed by atoms with Gasteiger partial charge < -0.3 is 10.8 Å². The van der Waals surface area contributed by atoms with Gasteiger partial charge in [0, 0.05) is 50.6 Å². The van der Waals surface area contributed by atoms with Crippen LogP contribution in [-0.4, -0.2) is 53.0 Å². The Balaban J connectivity index is 1.14. The van der Waals surface area contributed by atoms with Crippen molar-refractivity contribution in [1.82, 2.24) is 29.2 Å². The van der Waals surface area contributed by atoms with Crippen LogP contribution in [0.2, 0.25) is 0 Å². The van der Waals surface area contributed by atoms with Crippen LogP contribution < -0.4 is 11.3 Å². The molecule has 2 aromatic carbocycles. The summed E-state index contributed by atoms with van der Waals surface area (Å²) < 4.78 is 17.9. The summed E-state index contributed by atoms with van der Waals surface area (Å²) in [7, 11) is 1.79. The Morgan fingerprint density at radius 1 is 1.10 bits per heavy atom. The minimum Gasteiger partial charge on any atom is -0.388 e. The highest BCUT2D eigenvalue weighted by molar-refractivity contribution is 7.13. The van der Waals surface area contributed by atoms with Gasteiger partial charge >= 0.3 is 0 Å². The zero-order chi connectivity index (χ0) is 27.9. The monoisotopic (exact) mass is 559 g/mol. The van der Waals surface area contributed by atoms with E-state index in [0.29, 0.717) is 50.1 Å². The van der Waals surface area contributed by atoms with E-state index in [1.807, 2.05) is 36.4 Å². The molecule has 0 bridgehead atoms. The number of halogens is 1. The number of hydrogen-bond acceptors (Lipinski definition) is 8. The van der Waals surface area contributed by atoms with Gasteiger partial charge in [0.2, 0.25) is 0 Å². The maximum Gasteiger partial charge on any atom is 0.281 e. The van der Waals surface area contributed by atoms with E-state index in [9.17, 15) is 14.3 Å².